The van der Waals surface area contributed by atoms with Crippen LogP contribution in [-0.4, -0.2) is 41.0 Å². The zero-order valence-electron chi connectivity index (χ0n) is 11.3. The van der Waals surface area contributed by atoms with Gasteiger partial charge in [-0.3, -0.25) is 14.5 Å². The van der Waals surface area contributed by atoms with Gasteiger partial charge in [0.05, 0.1) is 11.1 Å². The fourth-order valence-electron chi connectivity index (χ4n) is 2.43. The maximum absolute atomic E-state index is 12.0. The molecule has 0 aliphatic carbocycles. The van der Waals surface area contributed by atoms with Crippen molar-refractivity contribution in [3.63, 3.8) is 0 Å². The number of hydrogen-bond donors (Lipinski definition) is 0. The molecule has 7 heteroatoms. The predicted molar refractivity (Wildman–Crippen MR) is 69.9 cm³/mol. The summed E-state index contributed by atoms with van der Waals surface area (Å²) < 4.78 is 0. The van der Waals surface area contributed by atoms with E-state index in [1.807, 2.05) is 0 Å². The van der Waals surface area contributed by atoms with Crippen molar-refractivity contribution < 1.29 is 24.3 Å². The molecule has 0 saturated carbocycles. The Bertz CT molecular complexity index is 560. The van der Waals surface area contributed by atoms with E-state index in [2.05, 4.69) is 9.88 Å². The van der Waals surface area contributed by atoms with E-state index < -0.39 is 17.9 Å². The first-order valence-electron chi connectivity index (χ1n) is 6.80. The summed E-state index contributed by atoms with van der Waals surface area (Å²) in [5.74, 6) is -1.27. The van der Waals surface area contributed by atoms with Crippen LogP contribution in [-0.2, 0) is 9.88 Å². The number of amides is 3. The molecule has 3 amide bonds. The Kier molecular flexibility index (Phi) is 3.57. The second-order valence-corrected chi connectivity index (χ2v) is 4.92. The molecule has 7 nitrogen and oxygen atoms in total. The highest BCUT2D eigenvalue weighted by Gasteiger charge is 2.38. The number of benzene rings is 1. The number of hydrogen-bond acceptors (Lipinski definition) is 5. The lowest BCUT2D eigenvalue weighted by molar-refractivity contribution is -0.345. The lowest BCUT2D eigenvalue weighted by Crippen LogP contribution is -2.39. The fourth-order valence-corrected chi connectivity index (χ4v) is 2.43. The van der Waals surface area contributed by atoms with Gasteiger partial charge in [-0.05, 0) is 36.4 Å². The van der Waals surface area contributed by atoms with Crippen LogP contribution in [0.2, 0.25) is 0 Å². The van der Waals surface area contributed by atoms with Gasteiger partial charge in [-0.25, -0.2) is 4.79 Å². The predicted octanol–water partition coefficient (Wildman–Crippen LogP) is 1.75. The van der Waals surface area contributed by atoms with E-state index in [4.69, 9.17) is 0 Å². The lowest BCUT2D eigenvalue weighted by atomic mass is 10.1. The standard InChI is InChI=1S/C14H14N2O5/c17-12-10-6-2-3-7-11(10)13(18)16(12)21-20-14(19)15-8-4-1-5-9-15/h2-3,6-7H,1,4-5,8-9H2. The summed E-state index contributed by atoms with van der Waals surface area (Å²) in [4.78, 5) is 46.5. The first-order chi connectivity index (χ1) is 10.2. The molecule has 0 unspecified atom stereocenters. The highest BCUT2D eigenvalue weighted by atomic mass is 17.3. The van der Waals surface area contributed by atoms with Crippen molar-refractivity contribution in [3.05, 3.63) is 35.4 Å². The minimum Gasteiger partial charge on any atom is -0.306 e. The average Bonchev–Trinajstić information content (AvgIpc) is 2.78. The molecular formula is C14H14N2O5. The largest absolute Gasteiger partial charge is 0.443 e. The summed E-state index contributed by atoms with van der Waals surface area (Å²) in [5.41, 5.74) is 0.466. The molecule has 0 aromatic heterocycles. The zero-order valence-corrected chi connectivity index (χ0v) is 11.3. The Morgan fingerprint density at radius 2 is 1.52 bits per heavy atom. The van der Waals surface area contributed by atoms with Crippen LogP contribution in [0, 0.1) is 0 Å². The second-order valence-electron chi connectivity index (χ2n) is 4.92. The van der Waals surface area contributed by atoms with E-state index in [-0.39, 0.29) is 11.1 Å². The third-order valence-corrected chi connectivity index (χ3v) is 3.55. The minimum atomic E-state index is -0.689. The van der Waals surface area contributed by atoms with Crippen LogP contribution in [0.3, 0.4) is 0 Å². The monoisotopic (exact) mass is 290 g/mol. The van der Waals surface area contributed by atoms with Gasteiger partial charge in [-0.1, -0.05) is 12.1 Å². The van der Waals surface area contributed by atoms with Crippen molar-refractivity contribution in [2.24, 2.45) is 0 Å². The highest BCUT2D eigenvalue weighted by Crippen LogP contribution is 2.23. The Hall–Kier alpha value is -2.41. The summed E-state index contributed by atoms with van der Waals surface area (Å²) in [5, 5.41) is 0.465. The molecule has 0 bridgehead atoms. The van der Waals surface area contributed by atoms with Gasteiger partial charge in [0.25, 0.3) is 11.8 Å². The van der Waals surface area contributed by atoms with Crippen molar-refractivity contribution in [2.45, 2.75) is 19.3 Å². The number of hydroxylamine groups is 2. The Balaban J connectivity index is 1.63. The maximum Gasteiger partial charge on any atom is 0.443 e. The third kappa shape index (κ3) is 2.47. The van der Waals surface area contributed by atoms with Gasteiger partial charge in [0.1, 0.15) is 0 Å². The van der Waals surface area contributed by atoms with Gasteiger partial charge in [-0.2, -0.15) is 0 Å². The van der Waals surface area contributed by atoms with E-state index in [1.54, 1.807) is 12.1 Å². The quantitative estimate of drug-likeness (QED) is 0.471. The summed E-state index contributed by atoms with van der Waals surface area (Å²) in [6.45, 7) is 1.18. The topological polar surface area (TPSA) is 76.1 Å². The number of imide groups is 1. The maximum atomic E-state index is 12.0. The van der Waals surface area contributed by atoms with Crippen LogP contribution in [0.4, 0.5) is 4.79 Å². The molecule has 21 heavy (non-hydrogen) atoms. The van der Waals surface area contributed by atoms with E-state index >= 15 is 0 Å². The lowest BCUT2D eigenvalue weighted by Gasteiger charge is -2.25. The molecule has 1 aromatic carbocycles. The molecule has 110 valence electrons. The Morgan fingerprint density at radius 1 is 0.952 bits per heavy atom. The van der Waals surface area contributed by atoms with Gasteiger partial charge in [0, 0.05) is 13.1 Å². The minimum absolute atomic E-state index is 0.233. The smallest absolute Gasteiger partial charge is 0.306 e. The summed E-state index contributed by atoms with van der Waals surface area (Å²) in [7, 11) is 0. The van der Waals surface area contributed by atoms with Crippen molar-refractivity contribution in [1.82, 2.24) is 9.96 Å². The number of carbonyl (C=O) groups excluding carboxylic acids is 3. The van der Waals surface area contributed by atoms with E-state index in [9.17, 15) is 14.4 Å². The molecule has 1 saturated heterocycles. The molecule has 3 rings (SSSR count). The van der Waals surface area contributed by atoms with Gasteiger partial charge < -0.3 is 4.90 Å². The van der Waals surface area contributed by atoms with E-state index in [1.165, 1.54) is 17.0 Å². The normalized spacial score (nSPS) is 17.9. The van der Waals surface area contributed by atoms with E-state index in [0.717, 1.165) is 19.3 Å². The van der Waals surface area contributed by atoms with Crippen molar-refractivity contribution >= 4 is 17.9 Å². The van der Waals surface area contributed by atoms with Crippen LogP contribution >= 0.6 is 0 Å². The molecule has 2 aliphatic rings. The molecule has 0 radical (unpaired) electrons. The number of likely N-dealkylation sites (tertiary alicyclic amines) is 1. The van der Waals surface area contributed by atoms with Gasteiger partial charge in [0.2, 0.25) is 0 Å². The summed E-state index contributed by atoms with van der Waals surface area (Å²) in [6.07, 6.45) is 2.19. The zero-order chi connectivity index (χ0) is 14.8. The van der Waals surface area contributed by atoms with Gasteiger partial charge in [-0.15, -0.1) is 5.06 Å². The second kappa shape index (κ2) is 5.53. The van der Waals surface area contributed by atoms with Crippen LogP contribution in [0.1, 0.15) is 40.0 Å². The van der Waals surface area contributed by atoms with E-state index in [0.29, 0.717) is 18.2 Å². The van der Waals surface area contributed by atoms with Gasteiger partial charge >= 0.3 is 6.09 Å². The SMILES string of the molecule is O=C(OON1C(=O)c2ccccc2C1=O)N1CCCCC1. The number of nitrogens with zero attached hydrogens (tertiary/aromatic N) is 2. The van der Waals surface area contributed by atoms with Crippen LogP contribution in [0.5, 0.6) is 0 Å². The highest BCUT2D eigenvalue weighted by molar-refractivity contribution is 6.20. The molecular weight excluding hydrogens is 276 g/mol. The Labute approximate surface area is 120 Å². The number of fused-ring (bicyclic) bond motifs is 1. The molecule has 1 fully saturated rings. The molecule has 0 spiro atoms. The average molecular weight is 290 g/mol. The van der Waals surface area contributed by atoms with Crippen molar-refractivity contribution in [3.8, 4) is 0 Å². The Morgan fingerprint density at radius 3 is 2.10 bits per heavy atom. The first kappa shape index (κ1) is 13.6. The van der Waals surface area contributed by atoms with Gasteiger partial charge in [0.15, 0.2) is 0 Å². The number of carbonyl (C=O) groups is 3. The fraction of sp³-hybridized carbons (Fsp3) is 0.357. The number of piperidine rings is 1. The molecule has 0 atom stereocenters. The van der Waals surface area contributed by atoms with Crippen LogP contribution in [0.25, 0.3) is 0 Å². The van der Waals surface area contributed by atoms with Crippen LogP contribution < -0.4 is 0 Å². The van der Waals surface area contributed by atoms with Crippen LogP contribution in [0.15, 0.2) is 24.3 Å². The number of rotatable bonds is 2. The molecule has 2 aliphatic heterocycles. The molecule has 0 N–H and O–H groups in total. The van der Waals surface area contributed by atoms with Crippen molar-refractivity contribution in [1.29, 1.82) is 0 Å². The third-order valence-electron chi connectivity index (χ3n) is 3.55. The summed E-state index contributed by atoms with van der Waals surface area (Å²) in [6, 6.07) is 6.33. The summed E-state index contributed by atoms with van der Waals surface area (Å²) >= 11 is 0. The first-order valence-corrected chi connectivity index (χ1v) is 6.80. The molecule has 2 heterocycles. The van der Waals surface area contributed by atoms with Crippen molar-refractivity contribution in [2.75, 3.05) is 13.1 Å². The molecule has 1 aromatic rings.